The van der Waals surface area contributed by atoms with E-state index in [-0.39, 0.29) is 11.3 Å². The van der Waals surface area contributed by atoms with Gasteiger partial charge in [0.2, 0.25) is 6.08 Å². The molecular weight excluding hydrogens is 240 g/mol. The van der Waals surface area contributed by atoms with Gasteiger partial charge in [-0.3, -0.25) is 0 Å². The van der Waals surface area contributed by atoms with E-state index in [4.69, 9.17) is 4.74 Å². The fraction of sp³-hybridized carbons (Fsp3) is 0.462. The minimum atomic E-state index is -0.959. The van der Waals surface area contributed by atoms with Crippen molar-refractivity contribution in [2.45, 2.75) is 31.2 Å². The number of hydrogen-bond donors (Lipinski definition) is 0. The Labute approximate surface area is 103 Å². The van der Waals surface area contributed by atoms with Crippen LogP contribution in [0.5, 0.6) is 5.75 Å². The van der Waals surface area contributed by atoms with Crippen LogP contribution in [0.15, 0.2) is 17.1 Å². The van der Waals surface area contributed by atoms with Crippen molar-refractivity contribution in [1.29, 1.82) is 0 Å². The number of ether oxygens (including phenoxy) is 1. The van der Waals surface area contributed by atoms with Gasteiger partial charge in [-0.15, -0.1) is 0 Å². The number of rotatable bonds is 3. The molecular formula is C13H13F2NO2. The molecule has 1 fully saturated rings. The van der Waals surface area contributed by atoms with Gasteiger partial charge < -0.3 is 4.74 Å². The average molecular weight is 253 g/mol. The molecule has 0 aliphatic heterocycles. The van der Waals surface area contributed by atoms with Gasteiger partial charge in [0.15, 0.2) is 11.6 Å². The lowest BCUT2D eigenvalue weighted by Gasteiger charge is -2.23. The van der Waals surface area contributed by atoms with Crippen molar-refractivity contribution in [3.63, 3.8) is 0 Å². The average Bonchev–Trinajstić information content (AvgIpc) is 2.81. The SMILES string of the molecule is COc1cc(F)c(C2(N=C=O)CCCC2)cc1F. The number of aliphatic imine (C=N–C) groups is 1. The van der Waals surface area contributed by atoms with E-state index >= 15 is 0 Å². The van der Waals surface area contributed by atoms with E-state index in [1.165, 1.54) is 13.2 Å². The lowest BCUT2D eigenvalue weighted by atomic mass is 9.88. The number of methoxy groups -OCH3 is 1. The van der Waals surface area contributed by atoms with Crippen LogP contribution in [0, 0.1) is 11.6 Å². The van der Waals surface area contributed by atoms with Gasteiger partial charge in [0.25, 0.3) is 0 Å². The van der Waals surface area contributed by atoms with Gasteiger partial charge in [-0.25, -0.2) is 13.6 Å². The molecule has 1 saturated carbocycles. The van der Waals surface area contributed by atoms with Crippen molar-refractivity contribution in [3.05, 3.63) is 29.3 Å². The molecule has 1 aliphatic rings. The van der Waals surface area contributed by atoms with Crippen molar-refractivity contribution in [2.75, 3.05) is 7.11 Å². The topological polar surface area (TPSA) is 38.7 Å². The van der Waals surface area contributed by atoms with E-state index in [1.807, 2.05) is 0 Å². The lowest BCUT2D eigenvalue weighted by molar-refractivity contribution is 0.374. The molecule has 2 rings (SSSR count). The predicted octanol–water partition coefficient (Wildman–Crippen LogP) is 3.08. The third-order valence-corrected chi connectivity index (χ3v) is 3.43. The summed E-state index contributed by atoms with van der Waals surface area (Å²) in [6.07, 6.45) is 4.21. The van der Waals surface area contributed by atoms with Gasteiger partial charge in [-0.1, -0.05) is 12.8 Å². The van der Waals surface area contributed by atoms with Crippen molar-refractivity contribution in [2.24, 2.45) is 4.99 Å². The van der Waals surface area contributed by atoms with Crippen LogP contribution in [0.4, 0.5) is 8.78 Å². The minimum Gasteiger partial charge on any atom is -0.494 e. The summed E-state index contributed by atoms with van der Waals surface area (Å²) in [5.74, 6) is -1.41. The Morgan fingerprint density at radius 2 is 1.94 bits per heavy atom. The quantitative estimate of drug-likeness (QED) is 0.613. The molecule has 0 bridgehead atoms. The summed E-state index contributed by atoms with van der Waals surface area (Å²) >= 11 is 0. The molecule has 1 aromatic carbocycles. The van der Waals surface area contributed by atoms with E-state index < -0.39 is 17.2 Å². The van der Waals surface area contributed by atoms with Gasteiger partial charge in [0.1, 0.15) is 11.4 Å². The fourth-order valence-corrected chi connectivity index (χ4v) is 2.53. The van der Waals surface area contributed by atoms with Crippen molar-refractivity contribution >= 4 is 6.08 Å². The summed E-state index contributed by atoms with van der Waals surface area (Å²) in [7, 11) is 1.27. The first-order valence-corrected chi connectivity index (χ1v) is 5.75. The third kappa shape index (κ3) is 2.02. The molecule has 5 heteroatoms. The summed E-state index contributed by atoms with van der Waals surface area (Å²) in [6, 6.07) is 2.06. The van der Waals surface area contributed by atoms with Crippen LogP contribution >= 0.6 is 0 Å². The molecule has 3 nitrogen and oxygen atoms in total. The second kappa shape index (κ2) is 4.86. The van der Waals surface area contributed by atoms with Gasteiger partial charge in [0.05, 0.1) is 7.11 Å². The van der Waals surface area contributed by atoms with Gasteiger partial charge in [-0.05, 0) is 18.9 Å². The molecule has 0 unspecified atom stereocenters. The number of hydrogen-bond acceptors (Lipinski definition) is 3. The number of isocyanates is 1. The van der Waals surface area contributed by atoms with Crippen molar-refractivity contribution < 1.29 is 18.3 Å². The largest absolute Gasteiger partial charge is 0.494 e. The second-order valence-corrected chi connectivity index (χ2v) is 4.41. The van der Waals surface area contributed by atoms with Crippen LogP contribution in [0.25, 0.3) is 0 Å². The minimum absolute atomic E-state index is 0.113. The smallest absolute Gasteiger partial charge is 0.235 e. The van der Waals surface area contributed by atoms with E-state index in [0.717, 1.165) is 25.0 Å². The highest BCUT2D eigenvalue weighted by molar-refractivity contribution is 5.41. The third-order valence-electron chi connectivity index (χ3n) is 3.43. The van der Waals surface area contributed by atoms with E-state index in [1.54, 1.807) is 0 Å². The van der Waals surface area contributed by atoms with Crippen LogP contribution in [-0.4, -0.2) is 13.2 Å². The Hall–Kier alpha value is -1.74. The zero-order valence-electron chi connectivity index (χ0n) is 10.0. The maximum Gasteiger partial charge on any atom is 0.235 e. The molecule has 96 valence electrons. The molecule has 0 atom stereocenters. The van der Waals surface area contributed by atoms with Gasteiger partial charge >= 0.3 is 0 Å². The van der Waals surface area contributed by atoms with Gasteiger partial charge in [-0.2, -0.15) is 4.99 Å². The predicted molar refractivity (Wildman–Crippen MR) is 61.2 cm³/mol. The zero-order chi connectivity index (χ0) is 13.2. The Balaban J connectivity index is 2.55. The van der Waals surface area contributed by atoms with E-state index in [0.29, 0.717) is 12.8 Å². The summed E-state index contributed by atoms with van der Waals surface area (Å²) in [5, 5.41) is 0. The van der Waals surface area contributed by atoms with Crippen LogP contribution in [0.1, 0.15) is 31.2 Å². The molecule has 0 radical (unpaired) electrons. The normalized spacial score (nSPS) is 17.3. The first-order valence-electron chi connectivity index (χ1n) is 5.75. The number of nitrogens with zero attached hydrogens (tertiary/aromatic N) is 1. The molecule has 0 amide bonds. The highest BCUT2D eigenvalue weighted by Gasteiger charge is 2.38. The second-order valence-electron chi connectivity index (χ2n) is 4.41. The summed E-state index contributed by atoms with van der Waals surface area (Å²) in [5.41, 5.74) is -0.847. The van der Waals surface area contributed by atoms with Crippen LogP contribution in [0.2, 0.25) is 0 Å². The summed E-state index contributed by atoms with van der Waals surface area (Å²) in [4.78, 5) is 14.3. The molecule has 0 spiro atoms. The van der Waals surface area contributed by atoms with Crippen LogP contribution < -0.4 is 4.74 Å². The maximum atomic E-state index is 14.0. The highest BCUT2D eigenvalue weighted by Crippen LogP contribution is 2.44. The maximum absolute atomic E-state index is 14.0. The molecule has 0 aromatic heterocycles. The Kier molecular flexibility index (Phi) is 3.43. The Morgan fingerprint density at radius 1 is 1.28 bits per heavy atom. The first kappa shape index (κ1) is 12.7. The fourth-order valence-electron chi connectivity index (χ4n) is 2.53. The standard InChI is InChI=1S/C13H13F2NO2/c1-18-12-7-10(14)9(6-11(12)15)13(16-8-17)4-2-3-5-13/h6-7H,2-5H2,1H3. The zero-order valence-corrected chi connectivity index (χ0v) is 10.0. The Bertz CT molecular complexity index is 504. The van der Waals surface area contributed by atoms with Crippen molar-refractivity contribution in [3.8, 4) is 5.75 Å². The lowest BCUT2D eigenvalue weighted by Crippen LogP contribution is -2.21. The van der Waals surface area contributed by atoms with Crippen LogP contribution in [0.3, 0.4) is 0 Å². The van der Waals surface area contributed by atoms with Crippen molar-refractivity contribution in [1.82, 2.24) is 0 Å². The summed E-state index contributed by atoms with van der Waals surface area (Å²) < 4.78 is 32.4. The van der Waals surface area contributed by atoms with E-state index in [9.17, 15) is 13.6 Å². The highest BCUT2D eigenvalue weighted by atomic mass is 19.1. The molecule has 0 N–H and O–H groups in total. The first-order chi connectivity index (χ1) is 8.63. The molecule has 18 heavy (non-hydrogen) atoms. The number of benzene rings is 1. The molecule has 0 heterocycles. The summed E-state index contributed by atoms with van der Waals surface area (Å²) in [6.45, 7) is 0. The van der Waals surface area contributed by atoms with Gasteiger partial charge in [0, 0.05) is 11.6 Å². The number of halogens is 2. The molecule has 0 saturated heterocycles. The molecule has 1 aliphatic carbocycles. The number of carbonyl (C=O) groups excluding carboxylic acids is 1. The van der Waals surface area contributed by atoms with Crippen LogP contribution in [-0.2, 0) is 10.3 Å². The molecule has 1 aromatic rings. The van der Waals surface area contributed by atoms with E-state index in [2.05, 4.69) is 4.99 Å². The Morgan fingerprint density at radius 3 is 2.50 bits per heavy atom. The monoisotopic (exact) mass is 253 g/mol.